The van der Waals surface area contributed by atoms with Gasteiger partial charge in [0.05, 0.1) is 6.54 Å². The van der Waals surface area contributed by atoms with Crippen molar-refractivity contribution in [3.05, 3.63) is 12.2 Å². The summed E-state index contributed by atoms with van der Waals surface area (Å²) in [5.41, 5.74) is 0. The molecule has 2 N–H and O–H groups in total. The van der Waals surface area contributed by atoms with Gasteiger partial charge in [0, 0.05) is 6.42 Å². The maximum absolute atomic E-state index is 10.2. The van der Waals surface area contributed by atoms with Gasteiger partial charge in [-0.15, -0.1) is 0 Å². The fourth-order valence-electron chi connectivity index (χ4n) is 0.997. The molecule has 0 bridgehead atoms. The highest BCUT2D eigenvalue weighted by Gasteiger charge is 1.98. The van der Waals surface area contributed by atoms with E-state index in [-0.39, 0.29) is 6.42 Å². The first-order chi connectivity index (χ1) is 6.79. The number of hydrogen-bond acceptors (Lipinski definition) is 5. The lowest BCUT2D eigenvalue weighted by molar-refractivity contribution is -0.137. The summed E-state index contributed by atoms with van der Waals surface area (Å²) in [7, 11) is 0. The van der Waals surface area contributed by atoms with E-state index in [1.165, 1.54) is 6.39 Å². The van der Waals surface area contributed by atoms with Gasteiger partial charge in [0.25, 0.3) is 0 Å². The SMILES string of the molecule is O=C(O)CCCCNCc1ncon1. The van der Waals surface area contributed by atoms with Gasteiger partial charge in [0.15, 0.2) is 5.82 Å². The van der Waals surface area contributed by atoms with Crippen LogP contribution in [0.5, 0.6) is 0 Å². The van der Waals surface area contributed by atoms with Crippen molar-refractivity contribution in [1.29, 1.82) is 0 Å². The first-order valence-electron chi connectivity index (χ1n) is 4.47. The molecular weight excluding hydrogens is 186 g/mol. The molecule has 1 rings (SSSR count). The largest absolute Gasteiger partial charge is 0.481 e. The predicted octanol–water partition coefficient (Wildman–Crippen LogP) is 0.414. The molecule has 0 atom stereocenters. The molecule has 0 radical (unpaired) electrons. The fraction of sp³-hybridized carbons (Fsp3) is 0.625. The summed E-state index contributed by atoms with van der Waals surface area (Å²) < 4.78 is 4.55. The summed E-state index contributed by atoms with van der Waals surface area (Å²) in [4.78, 5) is 14.0. The van der Waals surface area contributed by atoms with Crippen LogP contribution in [0.2, 0.25) is 0 Å². The van der Waals surface area contributed by atoms with Gasteiger partial charge >= 0.3 is 5.97 Å². The second-order valence-corrected chi connectivity index (χ2v) is 2.88. The Morgan fingerprint density at radius 2 is 2.43 bits per heavy atom. The van der Waals surface area contributed by atoms with E-state index in [0.717, 1.165) is 13.0 Å². The van der Waals surface area contributed by atoms with Crippen LogP contribution >= 0.6 is 0 Å². The van der Waals surface area contributed by atoms with Crippen LogP contribution in [0.3, 0.4) is 0 Å². The zero-order chi connectivity index (χ0) is 10.2. The molecule has 1 aromatic rings. The molecular formula is C8H13N3O3. The van der Waals surface area contributed by atoms with Gasteiger partial charge in [-0.25, -0.2) is 0 Å². The number of unbranched alkanes of at least 4 members (excludes halogenated alkanes) is 1. The minimum Gasteiger partial charge on any atom is -0.481 e. The van der Waals surface area contributed by atoms with E-state index in [1.54, 1.807) is 0 Å². The lowest BCUT2D eigenvalue weighted by atomic mass is 10.2. The molecule has 78 valence electrons. The number of nitrogens with zero attached hydrogens (tertiary/aromatic N) is 2. The first-order valence-corrected chi connectivity index (χ1v) is 4.47. The molecule has 0 spiro atoms. The number of aliphatic carboxylic acids is 1. The number of carboxylic acids is 1. The summed E-state index contributed by atoms with van der Waals surface area (Å²) in [6, 6.07) is 0. The number of carbonyl (C=O) groups is 1. The lowest BCUT2D eigenvalue weighted by Crippen LogP contribution is -2.15. The molecule has 1 aromatic heterocycles. The Morgan fingerprint density at radius 1 is 1.57 bits per heavy atom. The highest BCUT2D eigenvalue weighted by Crippen LogP contribution is 1.94. The van der Waals surface area contributed by atoms with Gasteiger partial charge in [0.1, 0.15) is 0 Å². The standard InChI is InChI=1S/C8H13N3O3/c12-8(13)3-1-2-4-9-5-7-10-6-14-11-7/h6,9H,1-5H2,(H,12,13). The second-order valence-electron chi connectivity index (χ2n) is 2.88. The fourth-order valence-corrected chi connectivity index (χ4v) is 0.997. The third-order valence-corrected chi connectivity index (χ3v) is 1.68. The maximum atomic E-state index is 10.2. The van der Waals surface area contributed by atoms with Crippen LogP contribution in [0, 0.1) is 0 Å². The molecule has 14 heavy (non-hydrogen) atoms. The molecule has 6 heteroatoms. The quantitative estimate of drug-likeness (QED) is 0.618. The van der Waals surface area contributed by atoms with Crippen LogP contribution in [0.25, 0.3) is 0 Å². The average molecular weight is 199 g/mol. The van der Waals surface area contributed by atoms with E-state index in [1.807, 2.05) is 0 Å². The summed E-state index contributed by atoms with van der Waals surface area (Å²) in [5.74, 6) is -0.133. The summed E-state index contributed by atoms with van der Waals surface area (Å²) in [6.45, 7) is 1.32. The van der Waals surface area contributed by atoms with Crippen molar-refractivity contribution in [3.8, 4) is 0 Å². The minimum atomic E-state index is -0.747. The Kier molecular flexibility index (Phi) is 4.63. The van der Waals surface area contributed by atoms with Crippen molar-refractivity contribution < 1.29 is 14.4 Å². The highest BCUT2D eigenvalue weighted by atomic mass is 16.5. The Bertz CT molecular complexity index is 261. The van der Waals surface area contributed by atoms with Crippen molar-refractivity contribution >= 4 is 5.97 Å². The number of rotatable bonds is 7. The molecule has 0 unspecified atom stereocenters. The van der Waals surface area contributed by atoms with Crippen molar-refractivity contribution in [2.75, 3.05) is 6.54 Å². The van der Waals surface area contributed by atoms with Crippen LogP contribution in [0.1, 0.15) is 25.1 Å². The van der Waals surface area contributed by atoms with Gasteiger partial charge in [-0.2, -0.15) is 4.98 Å². The van der Waals surface area contributed by atoms with E-state index in [4.69, 9.17) is 5.11 Å². The highest BCUT2D eigenvalue weighted by molar-refractivity contribution is 5.66. The van der Waals surface area contributed by atoms with Crippen LogP contribution in [0.4, 0.5) is 0 Å². The van der Waals surface area contributed by atoms with Gasteiger partial charge in [-0.05, 0) is 19.4 Å². The Morgan fingerprint density at radius 3 is 3.07 bits per heavy atom. The van der Waals surface area contributed by atoms with Gasteiger partial charge < -0.3 is 14.9 Å². The topological polar surface area (TPSA) is 88.2 Å². The second kappa shape index (κ2) is 6.09. The summed E-state index contributed by atoms with van der Waals surface area (Å²) >= 11 is 0. The zero-order valence-electron chi connectivity index (χ0n) is 7.77. The minimum absolute atomic E-state index is 0.226. The van der Waals surface area contributed by atoms with Crippen molar-refractivity contribution in [3.63, 3.8) is 0 Å². The predicted molar refractivity (Wildman–Crippen MR) is 47.5 cm³/mol. The Hall–Kier alpha value is -1.43. The van der Waals surface area contributed by atoms with Crippen molar-refractivity contribution in [2.45, 2.75) is 25.8 Å². The van der Waals surface area contributed by atoms with E-state index < -0.39 is 5.97 Å². The van der Waals surface area contributed by atoms with Crippen LogP contribution in [-0.2, 0) is 11.3 Å². The van der Waals surface area contributed by atoms with Crippen LogP contribution in [-0.4, -0.2) is 27.8 Å². The Balaban J connectivity index is 1.92. The number of hydrogen-bond donors (Lipinski definition) is 2. The van der Waals surface area contributed by atoms with Gasteiger partial charge in [-0.3, -0.25) is 4.79 Å². The molecule has 0 aliphatic carbocycles. The molecule has 1 heterocycles. The molecule has 0 aliphatic heterocycles. The monoisotopic (exact) mass is 199 g/mol. The molecule has 0 saturated heterocycles. The smallest absolute Gasteiger partial charge is 0.303 e. The number of nitrogens with one attached hydrogen (secondary N) is 1. The number of aromatic nitrogens is 2. The van der Waals surface area contributed by atoms with Gasteiger partial charge in [-0.1, -0.05) is 5.16 Å². The van der Waals surface area contributed by atoms with E-state index in [2.05, 4.69) is 20.0 Å². The zero-order valence-corrected chi connectivity index (χ0v) is 7.77. The molecule has 0 fully saturated rings. The third kappa shape index (κ3) is 4.56. The van der Waals surface area contributed by atoms with Crippen LogP contribution < -0.4 is 5.32 Å². The summed E-state index contributed by atoms with van der Waals surface area (Å²) in [6.07, 6.45) is 3.03. The normalized spacial score (nSPS) is 10.3. The van der Waals surface area contributed by atoms with Crippen LogP contribution in [0.15, 0.2) is 10.9 Å². The first kappa shape index (κ1) is 10.6. The maximum Gasteiger partial charge on any atom is 0.303 e. The Labute approximate surface area is 81.3 Å². The average Bonchev–Trinajstić information content (AvgIpc) is 2.63. The van der Waals surface area contributed by atoms with Crippen molar-refractivity contribution in [1.82, 2.24) is 15.5 Å². The third-order valence-electron chi connectivity index (χ3n) is 1.68. The number of carboxylic acid groups (broad SMARTS) is 1. The molecule has 0 amide bonds. The summed E-state index contributed by atoms with van der Waals surface area (Å²) in [5, 5.41) is 15.1. The van der Waals surface area contributed by atoms with E-state index in [9.17, 15) is 4.79 Å². The van der Waals surface area contributed by atoms with Crippen molar-refractivity contribution in [2.24, 2.45) is 0 Å². The van der Waals surface area contributed by atoms with Gasteiger partial charge in [0.2, 0.25) is 6.39 Å². The lowest BCUT2D eigenvalue weighted by Gasteiger charge is -1.99. The molecule has 0 aromatic carbocycles. The molecule has 0 saturated carbocycles. The van der Waals surface area contributed by atoms with E-state index in [0.29, 0.717) is 18.8 Å². The van der Waals surface area contributed by atoms with E-state index >= 15 is 0 Å². The molecule has 0 aliphatic rings. The molecule has 6 nitrogen and oxygen atoms in total.